The maximum atomic E-state index is 14.0. The van der Waals surface area contributed by atoms with Gasteiger partial charge in [0.1, 0.15) is 11.6 Å². The fourth-order valence-electron chi connectivity index (χ4n) is 8.10. The average Bonchev–Trinajstić information content (AvgIpc) is 3.81. The summed E-state index contributed by atoms with van der Waals surface area (Å²) in [5, 5.41) is 13.2. The second-order valence-corrected chi connectivity index (χ2v) is 14.1. The number of hydrogen-bond donors (Lipinski definition) is 2. The summed E-state index contributed by atoms with van der Waals surface area (Å²) in [5.74, 6) is -0.976. The van der Waals surface area contributed by atoms with Crippen molar-refractivity contribution in [3.8, 4) is 0 Å². The Kier molecular flexibility index (Phi) is 8.59. The van der Waals surface area contributed by atoms with Crippen LogP contribution in [0, 0.1) is 5.92 Å². The monoisotopic (exact) mass is 715 g/mol. The number of imidazole rings is 1. The number of rotatable bonds is 9. The van der Waals surface area contributed by atoms with E-state index >= 15 is 0 Å². The molecule has 5 aromatic rings. The highest BCUT2D eigenvalue weighted by molar-refractivity contribution is 6.08. The molecule has 1 saturated carbocycles. The normalized spacial score (nSPS) is 21.3. The van der Waals surface area contributed by atoms with E-state index in [0.717, 1.165) is 56.5 Å². The molecule has 1 unspecified atom stereocenters. The number of halogens is 2. The van der Waals surface area contributed by atoms with Crippen LogP contribution in [-0.4, -0.2) is 88.9 Å². The van der Waals surface area contributed by atoms with Crippen LogP contribution >= 0.6 is 0 Å². The Bertz CT molecular complexity index is 2240. The third-order valence-electron chi connectivity index (χ3n) is 10.9. The van der Waals surface area contributed by atoms with Gasteiger partial charge in [0.2, 0.25) is 11.8 Å². The van der Waals surface area contributed by atoms with Crippen molar-refractivity contribution in [3.05, 3.63) is 70.8 Å². The van der Waals surface area contributed by atoms with Gasteiger partial charge >= 0.3 is 5.69 Å². The highest BCUT2D eigenvalue weighted by atomic mass is 19.3. The molecular weight excluding hydrogens is 676 g/mol. The van der Waals surface area contributed by atoms with Gasteiger partial charge in [-0.25, -0.2) is 23.1 Å². The third kappa shape index (κ3) is 5.91. The van der Waals surface area contributed by atoms with E-state index in [-0.39, 0.29) is 41.7 Å². The van der Waals surface area contributed by atoms with Crippen LogP contribution in [0.25, 0.3) is 16.7 Å². The standard InChI is InChI=1S/C35H39F2N11O4/c1-43(18-20-15-22(16-20)47-19-24(29(42-47)31(36)37)40-33(50)23-17-39-46-12-4-11-38-32(23)46)21-9-13-45(14-10-21)25-5-3-6-26-30(25)44(2)35(52)48(26)27-7-8-28(49)41-34(27)51/h3-6,11-12,17,19-22,27,31H,7-10,13-16,18H2,1-2H3,(H,40,50)(H,41,49,51)/t20-,22-,27?. The lowest BCUT2D eigenvalue weighted by Crippen LogP contribution is -2.46. The first-order valence-corrected chi connectivity index (χ1v) is 17.5. The summed E-state index contributed by atoms with van der Waals surface area (Å²) in [4.78, 5) is 59.6. The second kappa shape index (κ2) is 13.3. The summed E-state index contributed by atoms with van der Waals surface area (Å²) >= 11 is 0. The van der Waals surface area contributed by atoms with Crippen LogP contribution in [0.4, 0.5) is 20.2 Å². The molecule has 3 amide bonds. The smallest absolute Gasteiger partial charge is 0.329 e. The zero-order valence-corrected chi connectivity index (χ0v) is 28.8. The number of amides is 3. The molecule has 3 aliphatic rings. The summed E-state index contributed by atoms with van der Waals surface area (Å²) in [7, 11) is 3.85. The van der Waals surface area contributed by atoms with Gasteiger partial charge in [0.05, 0.1) is 34.6 Å². The van der Waals surface area contributed by atoms with Crippen LogP contribution in [0.1, 0.15) is 73.1 Å². The number of nitrogens with zero attached hydrogens (tertiary/aromatic N) is 9. The number of anilines is 2. The van der Waals surface area contributed by atoms with Crippen LogP contribution in [0.2, 0.25) is 0 Å². The van der Waals surface area contributed by atoms with Gasteiger partial charge in [0.25, 0.3) is 12.3 Å². The van der Waals surface area contributed by atoms with Crippen molar-refractivity contribution in [2.45, 2.75) is 63.1 Å². The lowest BCUT2D eigenvalue weighted by Gasteiger charge is -2.42. The van der Waals surface area contributed by atoms with Crippen molar-refractivity contribution in [2.24, 2.45) is 13.0 Å². The summed E-state index contributed by atoms with van der Waals surface area (Å²) in [5.41, 5.74) is 2.13. The molecule has 1 aliphatic carbocycles. The van der Waals surface area contributed by atoms with E-state index in [0.29, 0.717) is 23.1 Å². The largest absolute Gasteiger partial charge is 0.370 e. The Morgan fingerprint density at radius 2 is 1.90 bits per heavy atom. The molecule has 3 fully saturated rings. The van der Waals surface area contributed by atoms with Crippen LogP contribution in [-0.2, 0) is 16.6 Å². The quantitative estimate of drug-likeness (QED) is 0.219. The first-order valence-electron chi connectivity index (χ1n) is 17.5. The minimum absolute atomic E-state index is 0.0223. The van der Waals surface area contributed by atoms with Crippen LogP contribution in [0.5, 0.6) is 0 Å². The summed E-state index contributed by atoms with van der Waals surface area (Å²) in [6, 6.07) is 7.03. The lowest BCUT2D eigenvalue weighted by atomic mass is 9.79. The van der Waals surface area contributed by atoms with E-state index in [1.165, 1.54) is 27.7 Å². The number of fused-ring (bicyclic) bond motifs is 2. The third-order valence-corrected chi connectivity index (χ3v) is 10.9. The maximum Gasteiger partial charge on any atom is 0.329 e. The first-order chi connectivity index (χ1) is 25.1. The highest BCUT2D eigenvalue weighted by Gasteiger charge is 2.36. The van der Waals surface area contributed by atoms with Gasteiger partial charge in [-0.05, 0) is 63.3 Å². The fraction of sp³-hybridized carbons (Fsp3) is 0.457. The minimum atomic E-state index is -2.85. The number of nitrogens with one attached hydrogen (secondary N) is 2. The molecule has 272 valence electrons. The second-order valence-electron chi connectivity index (χ2n) is 14.1. The van der Waals surface area contributed by atoms with E-state index in [4.69, 9.17) is 0 Å². The number of carbonyl (C=O) groups excluding carboxylic acids is 3. The van der Waals surface area contributed by atoms with E-state index in [2.05, 4.69) is 42.7 Å². The molecule has 52 heavy (non-hydrogen) atoms. The summed E-state index contributed by atoms with van der Waals surface area (Å²) < 4.78 is 34.1. The van der Waals surface area contributed by atoms with Gasteiger partial charge in [-0.15, -0.1) is 0 Å². The number of aromatic nitrogens is 7. The number of imide groups is 1. The zero-order chi connectivity index (χ0) is 36.3. The van der Waals surface area contributed by atoms with Gasteiger partial charge < -0.3 is 15.1 Å². The Balaban J connectivity index is 0.878. The number of carbonyl (C=O) groups is 3. The molecule has 1 aromatic carbocycles. The molecule has 0 bridgehead atoms. The van der Waals surface area contributed by atoms with Crippen molar-refractivity contribution in [1.29, 1.82) is 0 Å². The molecule has 17 heteroatoms. The van der Waals surface area contributed by atoms with Crippen molar-refractivity contribution in [3.63, 3.8) is 0 Å². The Hall–Kier alpha value is -5.45. The van der Waals surface area contributed by atoms with Crippen molar-refractivity contribution >= 4 is 45.8 Å². The Morgan fingerprint density at radius 3 is 2.65 bits per heavy atom. The molecule has 0 radical (unpaired) electrons. The Labute approximate surface area is 296 Å². The van der Waals surface area contributed by atoms with Gasteiger partial charge in [-0.3, -0.25) is 33.5 Å². The molecule has 2 aliphatic heterocycles. The van der Waals surface area contributed by atoms with E-state index < -0.39 is 30.0 Å². The fourth-order valence-corrected chi connectivity index (χ4v) is 8.10. The number of para-hydroxylation sites is 1. The minimum Gasteiger partial charge on any atom is -0.370 e. The van der Waals surface area contributed by atoms with Gasteiger partial charge in [-0.2, -0.15) is 10.2 Å². The van der Waals surface area contributed by atoms with Crippen molar-refractivity contribution in [2.75, 3.05) is 36.9 Å². The molecule has 8 rings (SSSR count). The predicted octanol–water partition coefficient (Wildman–Crippen LogP) is 3.30. The van der Waals surface area contributed by atoms with Gasteiger partial charge in [-0.1, -0.05) is 6.07 Å². The molecular formula is C35H39F2N11O4. The molecule has 2 N–H and O–H groups in total. The number of benzene rings is 1. The maximum absolute atomic E-state index is 14.0. The van der Waals surface area contributed by atoms with Gasteiger partial charge in [0.15, 0.2) is 11.3 Å². The highest BCUT2D eigenvalue weighted by Crippen LogP contribution is 2.40. The number of hydrogen-bond acceptors (Lipinski definition) is 9. The number of piperidine rings is 2. The van der Waals surface area contributed by atoms with Crippen LogP contribution in [0.3, 0.4) is 0 Å². The summed E-state index contributed by atoms with van der Waals surface area (Å²) in [6.07, 6.45) is 7.08. The van der Waals surface area contributed by atoms with Crippen molar-refractivity contribution in [1.82, 2.24) is 43.7 Å². The zero-order valence-electron chi connectivity index (χ0n) is 28.8. The molecule has 2 saturated heterocycles. The van der Waals surface area contributed by atoms with E-state index in [1.54, 1.807) is 28.6 Å². The SMILES string of the molecule is CN(C[C@H]1C[C@H](n2cc(NC(=O)c3cnn4cccnc34)c(C(F)F)n2)C1)C1CCN(c2cccc3c2n(C)c(=O)n3C2CCC(=O)NC2=O)CC1. The van der Waals surface area contributed by atoms with E-state index in [9.17, 15) is 28.0 Å². The summed E-state index contributed by atoms with van der Waals surface area (Å²) in [6.45, 7) is 2.46. The number of alkyl halides is 2. The molecule has 4 aromatic heterocycles. The lowest BCUT2D eigenvalue weighted by molar-refractivity contribution is -0.135. The Morgan fingerprint density at radius 1 is 1.12 bits per heavy atom. The van der Waals surface area contributed by atoms with E-state index in [1.807, 2.05) is 18.2 Å². The molecule has 15 nitrogen and oxygen atoms in total. The molecule has 0 spiro atoms. The average molecular weight is 716 g/mol. The van der Waals surface area contributed by atoms with Gasteiger partial charge in [0, 0.05) is 57.7 Å². The first kappa shape index (κ1) is 33.7. The molecule has 6 heterocycles. The van der Waals surface area contributed by atoms with Crippen molar-refractivity contribution < 1.29 is 23.2 Å². The predicted molar refractivity (Wildman–Crippen MR) is 186 cm³/mol. The molecule has 1 atom stereocenters. The topological polar surface area (TPSA) is 157 Å². The van der Waals surface area contributed by atoms with Crippen LogP contribution < -0.4 is 21.2 Å². The van der Waals surface area contributed by atoms with Crippen LogP contribution in [0.15, 0.2) is 53.8 Å². The number of aryl methyl sites for hydroxylation is 1.